The molecule has 0 aromatic carbocycles. The summed E-state index contributed by atoms with van der Waals surface area (Å²) in [6, 6.07) is 0.682. The highest BCUT2D eigenvalue weighted by Crippen LogP contribution is 2.40. The normalized spacial score (nSPS) is 21.2. The summed E-state index contributed by atoms with van der Waals surface area (Å²) in [5, 5.41) is 3.06. The molecule has 128 valence electrons. The largest absolute Gasteiger partial charge is 0.356 e. The van der Waals surface area contributed by atoms with Crippen LogP contribution in [0, 0.1) is 11.3 Å². The molecule has 0 radical (unpaired) electrons. The van der Waals surface area contributed by atoms with Gasteiger partial charge in [-0.2, -0.15) is 0 Å². The van der Waals surface area contributed by atoms with E-state index in [4.69, 9.17) is 0 Å². The first kappa shape index (κ1) is 17.7. The maximum absolute atomic E-state index is 11.8. The Kier molecular flexibility index (Phi) is 6.27. The zero-order valence-corrected chi connectivity index (χ0v) is 15.0. The maximum Gasteiger partial charge on any atom is 0.221 e. The van der Waals surface area contributed by atoms with Crippen LogP contribution in [0.25, 0.3) is 0 Å². The molecule has 0 atom stereocenters. The van der Waals surface area contributed by atoms with Crippen molar-refractivity contribution in [3.05, 3.63) is 0 Å². The van der Waals surface area contributed by atoms with E-state index >= 15 is 0 Å². The minimum atomic E-state index is 0.225. The summed E-state index contributed by atoms with van der Waals surface area (Å²) in [4.78, 5) is 16.8. The summed E-state index contributed by atoms with van der Waals surface area (Å²) in [5.41, 5.74) is 0.567. The van der Waals surface area contributed by atoms with Crippen molar-refractivity contribution >= 4 is 5.91 Å². The molecule has 2 aliphatic rings. The molecule has 1 spiro atoms. The Morgan fingerprint density at radius 2 is 1.77 bits per heavy atom. The second-order valence-corrected chi connectivity index (χ2v) is 8.20. The highest BCUT2D eigenvalue weighted by atomic mass is 16.1. The molecule has 0 unspecified atom stereocenters. The Labute approximate surface area is 136 Å². The minimum Gasteiger partial charge on any atom is -0.356 e. The van der Waals surface area contributed by atoms with Crippen LogP contribution in [0.15, 0.2) is 0 Å². The smallest absolute Gasteiger partial charge is 0.221 e. The SMILES string of the molecule is CC(C)CCCCNC(=O)CCN1CC2(C1)CN(C(C)C)C2. The second kappa shape index (κ2) is 7.78. The third-order valence-electron chi connectivity index (χ3n) is 5.11. The van der Waals surface area contributed by atoms with Crippen LogP contribution < -0.4 is 5.32 Å². The van der Waals surface area contributed by atoms with Gasteiger partial charge in [0.15, 0.2) is 0 Å². The van der Waals surface area contributed by atoms with Crippen LogP contribution in [0.2, 0.25) is 0 Å². The molecular formula is C18H35N3O. The number of hydrogen-bond acceptors (Lipinski definition) is 3. The molecule has 2 saturated heterocycles. The fourth-order valence-corrected chi connectivity index (χ4v) is 3.69. The zero-order valence-electron chi connectivity index (χ0n) is 15.0. The third-order valence-corrected chi connectivity index (χ3v) is 5.11. The van der Waals surface area contributed by atoms with Gasteiger partial charge in [0.05, 0.1) is 0 Å². The Morgan fingerprint density at radius 3 is 2.36 bits per heavy atom. The van der Waals surface area contributed by atoms with Crippen LogP contribution in [-0.4, -0.2) is 61.0 Å². The molecule has 0 saturated carbocycles. The molecule has 1 N–H and O–H groups in total. The lowest BCUT2D eigenvalue weighted by Crippen LogP contribution is -2.73. The Hall–Kier alpha value is -0.610. The van der Waals surface area contributed by atoms with Crippen molar-refractivity contribution < 1.29 is 4.79 Å². The Morgan fingerprint density at radius 1 is 1.09 bits per heavy atom. The lowest BCUT2D eigenvalue weighted by atomic mass is 9.72. The van der Waals surface area contributed by atoms with Crippen LogP contribution in [0.3, 0.4) is 0 Å². The molecule has 22 heavy (non-hydrogen) atoms. The predicted octanol–water partition coefficient (Wildman–Crippen LogP) is 2.34. The van der Waals surface area contributed by atoms with Crippen molar-refractivity contribution in [3.8, 4) is 0 Å². The molecule has 0 aliphatic carbocycles. The molecule has 4 nitrogen and oxygen atoms in total. The van der Waals surface area contributed by atoms with Crippen molar-refractivity contribution in [1.29, 1.82) is 0 Å². The number of carbonyl (C=O) groups excluding carboxylic acids is 1. The number of likely N-dealkylation sites (tertiary alicyclic amines) is 2. The van der Waals surface area contributed by atoms with E-state index in [2.05, 4.69) is 42.8 Å². The number of nitrogens with one attached hydrogen (secondary N) is 1. The highest BCUT2D eigenvalue weighted by molar-refractivity contribution is 5.76. The second-order valence-electron chi connectivity index (χ2n) is 8.20. The van der Waals surface area contributed by atoms with Crippen LogP contribution in [0.1, 0.15) is 53.4 Å². The van der Waals surface area contributed by atoms with Gasteiger partial charge in [-0.25, -0.2) is 0 Å². The summed E-state index contributed by atoms with van der Waals surface area (Å²) in [5.74, 6) is 0.996. The number of amides is 1. The van der Waals surface area contributed by atoms with E-state index in [-0.39, 0.29) is 5.91 Å². The van der Waals surface area contributed by atoms with Gasteiger partial charge in [0, 0.05) is 57.1 Å². The average Bonchev–Trinajstić information content (AvgIpc) is 2.33. The molecular weight excluding hydrogens is 274 g/mol. The first-order valence-corrected chi connectivity index (χ1v) is 9.13. The van der Waals surface area contributed by atoms with Gasteiger partial charge in [-0.3, -0.25) is 9.69 Å². The number of hydrogen-bond donors (Lipinski definition) is 1. The van der Waals surface area contributed by atoms with E-state index in [1.165, 1.54) is 39.0 Å². The minimum absolute atomic E-state index is 0.225. The predicted molar refractivity (Wildman–Crippen MR) is 91.9 cm³/mol. The van der Waals surface area contributed by atoms with E-state index in [0.717, 1.165) is 25.4 Å². The molecule has 2 aliphatic heterocycles. The number of unbranched alkanes of at least 4 members (excludes halogenated alkanes) is 1. The number of carbonyl (C=O) groups is 1. The zero-order chi connectivity index (χ0) is 16.2. The summed E-state index contributed by atoms with van der Waals surface area (Å²) in [6.45, 7) is 15.7. The summed E-state index contributed by atoms with van der Waals surface area (Å²) in [6.07, 6.45) is 4.26. The van der Waals surface area contributed by atoms with Gasteiger partial charge in [0.1, 0.15) is 0 Å². The third kappa shape index (κ3) is 4.95. The van der Waals surface area contributed by atoms with Gasteiger partial charge >= 0.3 is 0 Å². The molecule has 4 heteroatoms. The molecule has 2 rings (SSSR count). The fraction of sp³-hybridized carbons (Fsp3) is 0.944. The summed E-state index contributed by atoms with van der Waals surface area (Å²) >= 11 is 0. The van der Waals surface area contributed by atoms with Gasteiger partial charge in [-0.1, -0.05) is 26.7 Å². The van der Waals surface area contributed by atoms with E-state index in [1.807, 2.05) is 0 Å². The van der Waals surface area contributed by atoms with Crippen molar-refractivity contribution in [2.24, 2.45) is 11.3 Å². The van der Waals surface area contributed by atoms with Crippen LogP contribution in [0.5, 0.6) is 0 Å². The molecule has 0 bridgehead atoms. The lowest BCUT2D eigenvalue weighted by molar-refractivity contribution is -0.132. The molecule has 2 fully saturated rings. The van der Waals surface area contributed by atoms with Crippen LogP contribution in [0.4, 0.5) is 0 Å². The lowest BCUT2D eigenvalue weighted by Gasteiger charge is -2.61. The van der Waals surface area contributed by atoms with Crippen molar-refractivity contribution in [3.63, 3.8) is 0 Å². The Balaban J connectivity index is 1.46. The van der Waals surface area contributed by atoms with Gasteiger partial charge in [0.2, 0.25) is 5.91 Å². The van der Waals surface area contributed by atoms with E-state index < -0.39 is 0 Å². The standard InChI is InChI=1S/C18H35N3O/c1-15(2)7-5-6-9-19-17(22)8-10-20-11-18(12-20)13-21(14-18)16(3)4/h15-16H,5-14H2,1-4H3,(H,19,22). The van der Waals surface area contributed by atoms with E-state index in [0.29, 0.717) is 17.9 Å². The van der Waals surface area contributed by atoms with E-state index in [1.54, 1.807) is 0 Å². The first-order chi connectivity index (χ1) is 10.4. The maximum atomic E-state index is 11.8. The molecule has 0 aromatic heterocycles. The molecule has 1 amide bonds. The molecule has 0 aromatic rings. The van der Waals surface area contributed by atoms with Gasteiger partial charge < -0.3 is 10.2 Å². The number of rotatable bonds is 9. The monoisotopic (exact) mass is 309 g/mol. The van der Waals surface area contributed by atoms with Gasteiger partial charge in [0.25, 0.3) is 0 Å². The molecule has 2 heterocycles. The Bertz CT molecular complexity index is 353. The van der Waals surface area contributed by atoms with E-state index in [9.17, 15) is 4.79 Å². The van der Waals surface area contributed by atoms with Gasteiger partial charge in [-0.15, -0.1) is 0 Å². The quantitative estimate of drug-likeness (QED) is 0.664. The summed E-state index contributed by atoms with van der Waals surface area (Å²) < 4.78 is 0. The van der Waals surface area contributed by atoms with Crippen molar-refractivity contribution in [2.75, 3.05) is 39.3 Å². The van der Waals surface area contributed by atoms with Crippen molar-refractivity contribution in [1.82, 2.24) is 15.1 Å². The highest BCUT2D eigenvalue weighted by Gasteiger charge is 2.51. The number of nitrogens with zero attached hydrogens (tertiary/aromatic N) is 2. The average molecular weight is 309 g/mol. The fourth-order valence-electron chi connectivity index (χ4n) is 3.69. The van der Waals surface area contributed by atoms with Crippen molar-refractivity contribution in [2.45, 2.75) is 59.4 Å². The topological polar surface area (TPSA) is 35.6 Å². The van der Waals surface area contributed by atoms with Crippen LogP contribution >= 0.6 is 0 Å². The first-order valence-electron chi connectivity index (χ1n) is 9.13. The summed E-state index contributed by atoms with van der Waals surface area (Å²) in [7, 11) is 0. The van der Waals surface area contributed by atoms with Gasteiger partial charge in [-0.05, 0) is 26.2 Å². The van der Waals surface area contributed by atoms with Crippen LogP contribution in [-0.2, 0) is 4.79 Å².